The maximum absolute atomic E-state index is 13.5. The molecule has 1 aromatic carbocycles. The molecule has 1 aliphatic heterocycles. The van der Waals surface area contributed by atoms with Crippen LogP contribution in [-0.4, -0.2) is 33.5 Å². The van der Waals surface area contributed by atoms with Crippen molar-refractivity contribution in [3.05, 3.63) is 69.1 Å². The van der Waals surface area contributed by atoms with Crippen LogP contribution >= 0.6 is 0 Å². The number of aromatic nitrogens is 1. The van der Waals surface area contributed by atoms with Crippen LogP contribution in [0.3, 0.4) is 0 Å². The second kappa shape index (κ2) is 6.16. The van der Waals surface area contributed by atoms with E-state index in [1.165, 1.54) is 17.0 Å². The van der Waals surface area contributed by atoms with E-state index < -0.39 is 35.2 Å². The SMILES string of the molecule is Cc1ccc(C(=O)N2CC(O)CC2c2ccc(F)c(F)c2)c(=O)[nH]1. The zero-order valence-corrected chi connectivity index (χ0v) is 12.9. The standard InChI is InChI=1S/C17H16F2N2O3/c1-9-2-4-12(16(23)20-9)17(24)21-8-11(22)7-15(21)10-3-5-13(18)14(19)6-10/h2-6,11,15,22H,7-8H2,1H3,(H,20,23). The van der Waals surface area contributed by atoms with Crippen LogP contribution in [0.1, 0.15) is 34.1 Å². The molecule has 1 fully saturated rings. The molecule has 2 atom stereocenters. The predicted octanol–water partition coefficient (Wildman–Crippen LogP) is 1.91. The van der Waals surface area contributed by atoms with Crippen molar-refractivity contribution in [2.75, 3.05) is 6.54 Å². The zero-order chi connectivity index (χ0) is 17.4. The molecule has 3 rings (SSSR count). The number of nitrogens with zero attached hydrogens (tertiary/aromatic N) is 1. The van der Waals surface area contributed by atoms with Gasteiger partial charge in [-0.25, -0.2) is 8.78 Å². The lowest BCUT2D eigenvalue weighted by atomic mass is 10.0. The minimum absolute atomic E-state index is 0.0236. The number of H-pyrrole nitrogens is 1. The number of hydrogen-bond donors (Lipinski definition) is 2. The molecule has 2 unspecified atom stereocenters. The average Bonchev–Trinajstić information content (AvgIpc) is 2.91. The molecule has 1 saturated heterocycles. The Morgan fingerprint density at radius 1 is 1.25 bits per heavy atom. The van der Waals surface area contributed by atoms with Gasteiger partial charge in [-0.2, -0.15) is 0 Å². The van der Waals surface area contributed by atoms with E-state index in [1.54, 1.807) is 13.0 Å². The number of carbonyl (C=O) groups is 1. The normalized spacial score (nSPS) is 20.4. The number of likely N-dealkylation sites (tertiary alicyclic amines) is 1. The van der Waals surface area contributed by atoms with Crippen molar-refractivity contribution in [1.29, 1.82) is 0 Å². The highest BCUT2D eigenvalue weighted by Crippen LogP contribution is 2.33. The number of aliphatic hydroxyl groups is 1. The topological polar surface area (TPSA) is 73.4 Å². The summed E-state index contributed by atoms with van der Waals surface area (Å²) in [7, 11) is 0. The number of hydrogen-bond acceptors (Lipinski definition) is 3. The monoisotopic (exact) mass is 334 g/mol. The Bertz CT molecular complexity index is 850. The molecule has 0 spiro atoms. The molecule has 0 aliphatic carbocycles. The van der Waals surface area contributed by atoms with Crippen molar-refractivity contribution < 1.29 is 18.7 Å². The first kappa shape index (κ1) is 16.3. The van der Waals surface area contributed by atoms with Gasteiger partial charge < -0.3 is 15.0 Å². The van der Waals surface area contributed by atoms with Gasteiger partial charge in [-0.1, -0.05) is 6.07 Å². The van der Waals surface area contributed by atoms with Crippen LogP contribution in [0.25, 0.3) is 0 Å². The quantitative estimate of drug-likeness (QED) is 0.881. The summed E-state index contributed by atoms with van der Waals surface area (Å²) >= 11 is 0. The highest BCUT2D eigenvalue weighted by Gasteiger charge is 2.36. The van der Waals surface area contributed by atoms with Crippen LogP contribution in [0.4, 0.5) is 8.78 Å². The third-order valence-electron chi connectivity index (χ3n) is 4.15. The van der Waals surface area contributed by atoms with Gasteiger partial charge in [0.05, 0.1) is 12.1 Å². The lowest BCUT2D eigenvalue weighted by Crippen LogP contribution is -2.35. The number of aliphatic hydroxyl groups excluding tert-OH is 1. The molecule has 0 saturated carbocycles. The van der Waals surface area contributed by atoms with E-state index in [2.05, 4.69) is 4.98 Å². The van der Waals surface area contributed by atoms with Crippen molar-refractivity contribution in [1.82, 2.24) is 9.88 Å². The molecule has 24 heavy (non-hydrogen) atoms. The van der Waals surface area contributed by atoms with E-state index >= 15 is 0 Å². The highest BCUT2D eigenvalue weighted by molar-refractivity contribution is 5.94. The van der Waals surface area contributed by atoms with Crippen LogP contribution in [0.5, 0.6) is 0 Å². The number of amides is 1. The molecule has 0 bridgehead atoms. The summed E-state index contributed by atoms with van der Waals surface area (Å²) in [5, 5.41) is 9.92. The Balaban J connectivity index is 1.96. The van der Waals surface area contributed by atoms with Crippen molar-refractivity contribution >= 4 is 5.91 Å². The second-order valence-corrected chi connectivity index (χ2v) is 5.92. The van der Waals surface area contributed by atoms with Gasteiger partial charge in [-0.15, -0.1) is 0 Å². The number of benzene rings is 1. The largest absolute Gasteiger partial charge is 0.391 e. The van der Waals surface area contributed by atoms with Crippen LogP contribution in [0.15, 0.2) is 35.1 Å². The van der Waals surface area contributed by atoms with E-state index in [0.717, 1.165) is 12.1 Å². The summed E-state index contributed by atoms with van der Waals surface area (Å²) in [5.74, 6) is -2.55. The first-order valence-corrected chi connectivity index (χ1v) is 7.50. The molecule has 1 amide bonds. The molecular weight excluding hydrogens is 318 g/mol. The fourth-order valence-electron chi connectivity index (χ4n) is 2.97. The number of nitrogens with one attached hydrogen (secondary N) is 1. The molecule has 2 heterocycles. The highest BCUT2D eigenvalue weighted by atomic mass is 19.2. The van der Waals surface area contributed by atoms with Crippen LogP contribution in [0, 0.1) is 18.6 Å². The Kier molecular flexibility index (Phi) is 4.19. The molecule has 1 aromatic heterocycles. The first-order chi connectivity index (χ1) is 11.4. The molecule has 5 nitrogen and oxygen atoms in total. The summed E-state index contributed by atoms with van der Waals surface area (Å²) in [6.45, 7) is 1.72. The molecule has 0 radical (unpaired) electrons. The summed E-state index contributed by atoms with van der Waals surface area (Å²) < 4.78 is 26.6. The van der Waals surface area contributed by atoms with Gasteiger partial charge >= 0.3 is 0 Å². The number of β-amino-alcohol motifs (C(OH)–C–C–N with tert-alkyl or cyclic N) is 1. The van der Waals surface area contributed by atoms with Crippen LogP contribution in [0.2, 0.25) is 0 Å². The van der Waals surface area contributed by atoms with Crippen LogP contribution < -0.4 is 5.56 Å². The van der Waals surface area contributed by atoms with Gasteiger partial charge in [-0.3, -0.25) is 9.59 Å². The molecule has 7 heteroatoms. The van der Waals surface area contributed by atoms with E-state index in [9.17, 15) is 23.5 Å². The van der Waals surface area contributed by atoms with Crippen molar-refractivity contribution in [3.8, 4) is 0 Å². The lowest BCUT2D eigenvalue weighted by Gasteiger charge is -2.24. The van der Waals surface area contributed by atoms with Crippen molar-refractivity contribution in [3.63, 3.8) is 0 Å². The summed E-state index contributed by atoms with van der Waals surface area (Å²) in [4.78, 5) is 28.5. The Labute approximate surface area is 136 Å². The predicted molar refractivity (Wildman–Crippen MR) is 82.6 cm³/mol. The number of pyridine rings is 1. The van der Waals surface area contributed by atoms with E-state index in [0.29, 0.717) is 11.3 Å². The maximum Gasteiger partial charge on any atom is 0.260 e. The average molecular weight is 334 g/mol. The number of aromatic amines is 1. The van der Waals surface area contributed by atoms with Gasteiger partial charge in [-0.05, 0) is 43.2 Å². The fourth-order valence-corrected chi connectivity index (χ4v) is 2.97. The lowest BCUT2D eigenvalue weighted by molar-refractivity contribution is 0.0713. The molecule has 2 aromatic rings. The summed E-state index contributed by atoms with van der Waals surface area (Å²) in [6, 6.07) is 5.77. The van der Waals surface area contributed by atoms with Crippen LogP contribution in [-0.2, 0) is 0 Å². The maximum atomic E-state index is 13.5. The number of carbonyl (C=O) groups excluding carboxylic acids is 1. The van der Waals surface area contributed by atoms with Gasteiger partial charge in [0.15, 0.2) is 11.6 Å². The minimum atomic E-state index is -1.02. The van der Waals surface area contributed by atoms with E-state index in [4.69, 9.17) is 0 Å². The minimum Gasteiger partial charge on any atom is -0.391 e. The van der Waals surface area contributed by atoms with Gasteiger partial charge in [0.1, 0.15) is 5.56 Å². The number of rotatable bonds is 2. The van der Waals surface area contributed by atoms with E-state index in [-0.39, 0.29) is 18.5 Å². The zero-order valence-electron chi connectivity index (χ0n) is 12.9. The van der Waals surface area contributed by atoms with Crippen molar-refractivity contribution in [2.45, 2.75) is 25.5 Å². The van der Waals surface area contributed by atoms with Gasteiger partial charge in [0.25, 0.3) is 11.5 Å². The van der Waals surface area contributed by atoms with Crippen molar-refractivity contribution in [2.24, 2.45) is 0 Å². The molecule has 126 valence electrons. The number of aryl methyl sites for hydroxylation is 1. The third kappa shape index (κ3) is 2.94. The summed E-state index contributed by atoms with van der Waals surface area (Å²) in [5.41, 5.74) is 0.421. The Morgan fingerprint density at radius 2 is 2.00 bits per heavy atom. The number of halogens is 2. The fraction of sp³-hybridized carbons (Fsp3) is 0.294. The van der Waals surface area contributed by atoms with E-state index in [1.807, 2.05) is 0 Å². The van der Waals surface area contributed by atoms with Gasteiger partial charge in [0, 0.05) is 12.2 Å². The Hall–Kier alpha value is -2.54. The second-order valence-electron chi connectivity index (χ2n) is 5.92. The molecule has 2 N–H and O–H groups in total. The Morgan fingerprint density at radius 3 is 2.67 bits per heavy atom. The molecular formula is C17H16F2N2O3. The molecule has 1 aliphatic rings. The third-order valence-corrected chi connectivity index (χ3v) is 4.15. The smallest absolute Gasteiger partial charge is 0.260 e. The summed E-state index contributed by atoms with van der Waals surface area (Å²) in [6.07, 6.45) is -0.600. The van der Waals surface area contributed by atoms with Gasteiger partial charge in [0.2, 0.25) is 0 Å². The first-order valence-electron chi connectivity index (χ1n) is 7.50.